The Balaban J connectivity index is 0.00000106. The zero-order valence-electron chi connectivity index (χ0n) is 11.4. The Hall–Kier alpha value is -1.11. The van der Waals surface area contributed by atoms with E-state index in [2.05, 4.69) is 25.1 Å². The number of ketones is 1. The Labute approximate surface area is 99.9 Å². The van der Waals surface area contributed by atoms with Crippen molar-refractivity contribution >= 4 is 5.78 Å². The Bertz CT molecular complexity index is 337. The molecule has 0 heterocycles. The summed E-state index contributed by atoms with van der Waals surface area (Å²) in [6.45, 7) is 11.7. The molecule has 0 bridgehead atoms. The van der Waals surface area contributed by atoms with E-state index < -0.39 is 0 Å². The first-order valence-electron chi connectivity index (χ1n) is 5.98. The van der Waals surface area contributed by atoms with Crippen molar-refractivity contribution in [2.75, 3.05) is 0 Å². The van der Waals surface area contributed by atoms with Gasteiger partial charge in [0.05, 0.1) is 0 Å². The summed E-state index contributed by atoms with van der Waals surface area (Å²) in [7, 11) is 0. The summed E-state index contributed by atoms with van der Waals surface area (Å²) in [5.41, 5.74) is 2.25. The van der Waals surface area contributed by atoms with Gasteiger partial charge in [-0.2, -0.15) is 0 Å². The lowest BCUT2D eigenvalue weighted by atomic mass is 9.82. The van der Waals surface area contributed by atoms with E-state index in [0.717, 1.165) is 6.42 Å². The van der Waals surface area contributed by atoms with Gasteiger partial charge in [0.1, 0.15) is 5.78 Å². The third-order valence-electron chi connectivity index (χ3n) is 2.68. The van der Waals surface area contributed by atoms with Crippen molar-refractivity contribution in [3.8, 4) is 0 Å². The lowest BCUT2D eigenvalue weighted by molar-refractivity contribution is -0.124. The molecule has 0 radical (unpaired) electrons. The van der Waals surface area contributed by atoms with E-state index in [1.54, 1.807) is 6.92 Å². The number of Topliss-reactive ketones (excluding diaryl/α,β-unsaturated/α-hetero) is 1. The highest BCUT2D eigenvalue weighted by atomic mass is 16.1. The van der Waals surface area contributed by atoms with E-state index in [4.69, 9.17) is 0 Å². The van der Waals surface area contributed by atoms with Crippen LogP contribution in [-0.2, 0) is 11.2 Å². The zero-order chi connectivity index (χ0) is 12.8. The Morgan fingerprint density at radius 1 is 1.25 bits per heavy atom. The van der Waals surface area contributed by atoms with Gasteiger partial charge in [0, 0.05) is 5.41 Å². The largest absolute Gasteiger partial charge is 0.299 e. The van der Waals surface area contributed by atoms with Crippen LogP contribution in [0.15, 0.2) is 24.3 Å². The number of carbonyl (C=O) groups excluding carboxylic acids is 1. The Morgan fingerprint density at radius 2 is 1.81 bits per heavy atom. The molecule has 0 unspecified atom stereocenters. The van der Waals surface area contributed by atoms with E-state index in [1.807, 2.05) is 33.8 Å². The molecule has 0 atom stereocenters. The van der Waals surface area contributed by atoms with Crippen LogP contribution >= 0.6 is 0 Å². The number of rotatable bonds is 3. The molecule has 0 aliphatic rings. The highest BCUT2D eigenvalue weighted by Crippen LogP contribution is 2.23. The van der Waals surface area contributed by atoms with Gasteiger partial charge in [-0.3, -0.25) is 4.79 Å². The van der Waals surface area contributed by atoms with E-state index in [0.29, 0.717) is 0 Å². The van der Waals surface area contributed by atoms with Gasteiger partial charge < -0.3 is 0 Å². The van der Waals surface area contributed by atoms with Crippen LogP contribution in [0.2, 0.25) is 0 Å². The summed E-state index contributed by atoms with van der Waals surface area (Å²) in [6.07, 6.45) is 0.823. The molecule has 1 aromatic rings. The molecule has 0 spiro atoms. The van der Waals surface area contributed by atoms with Gasteiger partial charge in [-0.1, -0.05) is 57.5 Å². The van der Waals surface area contributed by atoms with Crippen molar-refractivity contribution in [3.63, 3.8) is 0 Å². The lowest BCUT2D eigenvalue weighted by Gasteiger charge is -2.21. The fraction of sp³-hybridized carbons (Fsp3) is 0.533. The number of hydrogen-bond acceptors (Lipinski definition) is 1. The first kappa shape index (κ1) is 14.9. The molecule has 1 heteroatoms. The van der Waals surface area contributed by atoms with Gasteiger partial charge >= 0.3 is 0 Å². The minimum Gasteiger partial charge on any atom is -0.299 e. The van der Waals surface area contributed by atoms with Crippen molar-refractivity contribution in [1.29, 1.82) is 0 Å². The predicted molar refractivity (Wildman–Crippen MR) is 70.7 cm³/mol. The monoisotopic (exact) mass is 220 g/mol. The van der Waals surface area contributed by atoms with E-state index >= 15 is 0 Å². The maximum absolute atomic E-state index is 11.4. The lowest BCUT2D eigenvalue weighted by Crippen LogP contribution is -2.24. The molecular formula is C15H24O. The second-order valence-corrected chi connectivity index (χ2v) is 4.61. The third kappa shape index (κ3) is 4.61. The fourth-order valence-electron chi connectivity index (χ4n) is 1.46. The first-order chi connectivity index (χ1) is 7.42. The number of carbonyl (C=O) groups is 1. The van der Waals surface area contributed by atoms with Crippen LogP contribution in [0.3, 0.4) is 0 Å². The molecule has 90 valence electrons. The number of benzene rings is 1. The van der Waals surface area contributed by atoms with Gasteiger partial charge in [-0.25, -0.2) is 0 Å². The minimum absolute atomic E-state index is 0.242. The van der Waals surface area contributed by atoms with E-state index in [1.165, 1.54) is 11.1 Å². The first-order valence-corrected chi connectivity index (χ1v) is 5.98. The highest BCUT2D eigenvalue weighted by Gasteiger charge is 2.23. The number of hydrogen-bond donors (Lipinski definition) is 0. The quantitative estimate of drug-likeness (QED) is 0.747. The summed E-state index contributed by atoms with van der Waals surface area (Å²) in [5.74, 6) is 0.249. The summed E-state index contributed by atoms with van der Waals surface area (Å²) in [6, 6.07) is 8.34. The van der Waals surface area contributed by atoms with Gasteiger partial charge in [0.2, 0.25) is 0 Å². The second kappa shape index (κ2) is 6.47. The Morgan fingerprint density at radius 3 is 2.25 bits per heavy atom. The molecule has 0 aliphatic carbocycles. The van der Waals surface area contributed by atoms with Crippen molar-refractivity contribution in [1.82, 2.24) is 0 Å². The fourth-order valence-corrected chi connectivity index (χ4v) is 1.46. The molecule has 1 aromatic carbocycles. The molecule has 0 N–H and O–H groups in total. The smallest absolute Gasteiger partial charge is 0.135 e. The molecule has 0 aromatic heterocycles. The summed E-state index contributed by atoms with van der Waals surface area (Å²) >= 11 is 0. The third-order valence-corrected chi connectivity index (χ3v) is 2.68. The maximum Gasteiger partial charge on any atom is 0.135 e. The van der Waals surface area contributed by atoms with E-state index in [9.17, 15) is 4.79 Å². The average molecular weight is 220 g/mol. The van der Waals surface area contributed by atoms with Crippen LogP contribution in [0.4, 0.5) is 0 Å². The van der Waals surface area contributed by atoms with Crippen molar-refractivity contribution in [3.05, 3.63) is 35.4 Å². The maximum atomic E-state index is 11.4. The van der Waals surface area contributed by atoms with Crippen LogP contribution < -0.4 is 0 Å². The zero-order valence-corrected chi connectivity index (χ0v) is 11.4. The van der Waals surface area contributed by atoms with Crippen LogP contribution in [-0.4, -0.2) is 5.78 Å². The molecule has 0 amide bonds. The van der Waals surface area contributed by atoms with Gasteiger partial charge in [0.25, 0.3) is 0 Å². The normalized spacial score (nSPS) is 10.4. The van der Waals surface area contributed by atoms with E-state index in [-0.39, 0.29) is 11.2 Å². The minimum atomic E-state index is -0.242. The Kier molecular flexibility index (Phi) is 6.02. The standard InChI is InChI=1S/C13H18O.C2H6/c1-10-6-5-7-12(8-10)9-13(3,4)11(2)14;1-2/h5-8H,9H2,1-4H3;1-2H3. The topological polar surface area (TPSA) is 17.1 Å². The summed E-state index contributed by atoms with van der Waals surface area (Å²) in [5, 5.41) is 0. The van der Waals surface area contributed by atoms with Crippen LogP contribution in [0.5, 0.6) is 0 Å². The molecule has 0 aliphatic heterocycles. The van der Waals surface area contributed by atoms with Crippen LogP contribution in [0.1, 0.15) is 45.7 Å². The van der Waals surface area contributed by atoms with Crippen molar-refractivity contribution in [2.45, 2.75) is 48.0 Å². The molecule has 16 heavy (non-hydrogen) atoms. The average Bonchev–Trinajstić information content (AvgIpc) is 2.19. The summed E-state index contributed by atoms with van der Waals surface area (Å²) < 4.78 is 0. The number of aryl methyl sites for hydroxylation is 1. The summed E-state index contributed by atoms with van der Waals surface area (Å²) in [4.78, 5) is 11.4. The second-order valence-electron chi connectivity index (χ2n) is 4.61. The molecule has 1 rings (SSSR count). The molecule has 0 fully saturated rings. The SMILES string of the molecule is CC.CC(=O)C(C)(C)Cc1cccc(C)c1. The highest BCUT2D eigenvalue weighted by molar-refractivity contribution is 5.81. The molecular weight excluding hydrogens is 196 g/mol. The van der Waals surface area contributed by atoms with Gasteiger partial charge in [-0.15, -0.1) is 0 Å². The van der Waals surface area contributed by atoms with Crippen LogP contribution in [0, 0.1) is 12.3 Å². The molecule has 1 nitrogen and oxygen atoms in total. The predicted octanol–water partition coefficient (Wildman–Crippen LogP) is 4.18. The van der Waals surface area contributed by atoms with Crippen molar-refractivity contribution < 1.29 is 4.79 Å². The molecule has 0 saturated carbocycles. The van der Waals surface area contributed by atoms with Gasteiger partial charge in [0.15, 0.2) is 0 Å². The van der Waals surface area contributed by atoms with Crippen molar-refractivity contribution in [2.24, 2.45) is 5.41 Å². The van der Waals surface area contributed by atoms with Gasteiger partial charge in [-0.05, 0) is 25.8 Å². The van der Waals surface area contributed by atoms with Crippen LogP contribution in [0.25, 0.3) is 0 Å². The molecule has 0 saturated heterocycles.